The number of aromatic nitrogens is 3. The molecule has 0 fully saturated rings. The molecule has 0 bridgehead atoms. The molecule has 3 N–H and O–H groups in total. The Labute approximate surface area is 105 Å². The maximum Gasteiger partial charge on any atom is 0.311 e. The minimum atomic E-state index is -0.973. The van der Waals surface area contributed by atoms with Crippen molar-refractivity contribution >= 4 is 11.9 Å². The highest BCUT2D eigenvalue weighted by Gasteiger charge is 2.31. The number of hydrogen-bond donors (Lipinski definition) is 3. The highest BCUT2D eigenvalue weighted by molar-refractivity contribution is 5.90. The Bertz CT molecular complexity index is 443. The molecule has 1 amide bonds. The van der Waals surface area contributed by atoms with Gasteiger partial charge in [0, 0.05) is 13.0 Å². The molecular weight excluding hydrogens is 236 g/mol. The van der Waals surface area contributed by atoms with Crippen LogP contribution in [0.5, 0.6) is 0 Å². The van der Waals surface area contributed by atoms with E-state index in [2.05, 4.69) is 20.5 Å². The van der Waals surface area contributed by atoms with Crippen molar-refractivity contribution in [2.75, 3.05) is 6.54 Å². The molecule has 0 aliphatic heterocycles. The largest absolute Gasteiger partial charge is 0.481 e. The van der Waals surface area contributed by atoms with Crippen LogP contribution in [-0.4, -0.2) is 38.7 Å². The SMILES string of the molecule is CCc1nc(C(=O)NCC(C)(CC)C(=O)O)n[nH]1. The van der Waals surface area contributed by atoms with Gasteiger partial charge in [0.2, 0.25) is 5.82 Å². The van der Waals surface area contributed by atoms with Gasteiger partial charge in [-0.2, -0.15) is 0 Å². The van der Waals surface area contributed by atoms with E-state index in [4.69, 9.17) is 5.11 Å². The van der Waals surface area contributed by atoms with Gasteiger partial charge < -0.3 is 10.4 Å². The van der Waals surface area contributed by atoms with Crippen molar-refractivity contribution in [3.63, 3.8) is 0 Å². The third-order valence-corrected chi connectivity index (χ3v) is 3.01. The van der Waals surface area contributed by atoms with Gasteiger partial charge in [-0.25, -0.2) is 4.98 Å². The summed E-state index contributed by atoms with van der Waals surface area (Å²) in [6, 6.07) is 0. The Morgan fingerprint density at radius 1 is 1.44 bits per heavy atom. The van der Waals surface area contributed by atoms with Crippen molar-refractivity contribution in [3.8, 4) is 0 Å². The number of aryl methyl sites for hydroxylation is 1. The Morgan fingerprint density at radius 2 is 2.11 bits per heavy atom. The summed E-state index contributed by atoms with van der Waals surface area (Å²) in [4.78, 5) is 26.7. The number of carbonyl (C=O) groups is 2. The molecule has 1 unspecified atom stereocenters. The van der Waals surface area contributed by atoms with Crippen LogP contribution in [0, 0.1) is 5.41 Å². The number of H-pyrrole nitrogens is 1. The smallest absolute Gasteiger partial charge is 0.311 e. The van der Waals surface area contributed by atoms with E-state index in [1.165, 1.54) is 0 Å². The van der Waals surface area contributed by atoms with Crippen molar-refractivity contribution in [1.29, 1.82) is 0 Å². The Balaban J connectivity index is 2.63. The molecule has 1 atom stereocenters. The Kier molecular flexibility index (Phi) is 4.41. The van der Waals surface area contributed by atoms with Crippen LogP contribution < -0.4 is 5.32 Å². The lowest BCUT2D eigenvalue weighted by atomic mass is 9.88. The van der Waals surface area contributed by atoms with Crippen molar-refractivity contribution in [1.82, 2.24) is 20.5 Å². The van der Waals surface area contributed by atoms with Gasteiger partial charge in [0.05, 0.1) is 5.41 Å². The second-order valence-corrected chi connectivity index (χ2v) is 4.36. The molecule has 100 valence electrons. The predicted octanol–water partition coefficient (Wildman–Crippen LogP) is 0.598. The van der Waals surface area contributed by atoms with Crippen molar-refractivity contribution in [3.05, 3.63) is 11.6 Å². The maximum absolute atomic E-state index is 11.7. The van der Waals surface area contributed by atoms with Crippen molar-refractivity contribution in [2.24, 2.45) is 5.41 Å². The van der Waals surface area contributed by atoms with Crippen LogP contribution in [0.25, 0.3) is 0 Å². The fraction of sp³-hybridized carbons (Fsp3) is 0.636. The number of amides is 1. The Hall–Kier alpha value is -1.92. The first-order chi connectivity index (χ1) is 8.42. The fourth-order valence-corrected chi connectivity index (χ4v) is 1.26. The molecule has 0 aliphatic rings. The van der Waals surface area contributed by atoms with E-state index in [1.807, 2.05) is 6.92 Å². The van der Waals surface area contributed by atoms with Gasteiger partial charge in [0.25, 0.3) is 5.91 Å². The third kappa shape index (κ3) is 3.06. The summed E-state index contributed by atoms with van der Waals surface area (Å²) in [5, 5.41) is 18.0. The van der Waals surface area contributed by atoms with Crippen LogP contribution in [0.1, 0.15) is 43.6 Å². The lowest BCUT2D eigenvalue weighted by Crippen LogP contribution is -2.40. The first kappa shape index (κ1) is 14.1. The average molecular weight is 254 g/mol. The number of carboxylic acid groups (broad SMARTS) is 1. The second kappa shape index (κ2) is 5.61. The van der Waals surface area contributed by atoms with Crippen LogP contribution in [-0.2, 0) is 11.2 Å². The number of carboxylic acids is 1. The quantitative estimate of drug-likeness (QED) is 0.688. The monoisotopic (exact) mass is 254 g/mol. The van der Waals surface area contributed by atoms with Crippen LogP contribution in [0.15, 0.2) is 0 Å². The van der Waals surface area contributed by atoms with E-state index in [9.17, 15) is 9.59 Å². The lowest BCUT2D eigenvalue weighted by molar-refractivity contribution is -0.147. The van der Waals surface area contributed by atoms with Gasteiger partial charge in [-0.3, -0.25) is 14.7 Å². The summed E-state index contributed by atoms with van der Waals surface area (Å²) in [5.41, 5.74) is -0.973. The first-order valence-corrected chi connectivity index (χ1v) is 5.85. The molecule has 1 aromatic heterocycles. The summed E-state index contributed by atoms with van der Waals surface area (Å²) in [6.07, 6.45) is 1.08. The summed E-state index contributed by atoms with van der Waals surface area (Å²) >= 11 is 0. The van der Waals surface area contributed by atoms with Gasteiger partial charge in [-0.15, -0.1) is 5.10 Å². The van der Waals surface area contributed by atoms with Crippen LogP contribution in [0.4, 0.5) is 0 Å². The minimum Gasteiger partial charge on any atom is -0.481 e. The first-order valence-electron chi connectivity index (χ1n) is 5.85. The minimum absolute atomic E-state index is 0.0377. The van der Waals surface area contributed by atoms with E-state index >= 15 is 0 Å². The van der Waals surface area contributed by atoms with Crippen molar-refractivity contribution in [2.45, 2.75) is 33.6 Å². The maximum atomic E-state index is 11.7. The van der Waals surface area contributed by atoms with Gasteiger partial charge in [0.15, 0.2) is 0 Å². The summed E-state index contributed by atoms with van der Waals surface area (Å²) in [7, 11) is 0. The highest BCUT2D eigenvalue weighted by atomic mass is 16.4. The fourth-order valence-electron chi connectivity index (χ4n) is 1.26. The zero-order valence-corrected chi connectivity index (χ0v) is 10.8. The molecule has 1 rings (SSSR count). The van der Waals surface area contributed by atoms with E-state index in [0.29, 0.717) is 18.7 Å². The molecule has 18 heavy (non-hydrogen) atoms. The molecule has 7 heteroatoms. The second-order valence-electron chi connectivity index (χ2n) is 4.36. The van der Waals surface area contributed by atoms with Gasteiger partial charge in [-0.05, 0) is 13.3 Å². The van der Waals surface area contributed by atoms with Gasteiger partial charge in [0.1, 0.15) is 5.82 Å². The summed E-state index contributed by atoms with van der Waals surface area (Å²) in [6.45, 7) is 5.29. The van der Waals surface area contributed by atoms with Gasteiger partial charge >= 0.3 is 5.97 Å². The number of aliphatic carboxylic acids is 1. The molecular formula is C11H18N4O3. The number of hydrogen-bond acceptors (Lipinski definition) is 4. The standard InChI is InChI=1S/C11H18N4O3/c1-4-7-13-8(15-14-7)9(16)12-6-11(3,5-2)10(17)18/h4-6H2,1-3H3,(H,12,16)(H,17,18)(H,13,14,15). The number of rotatable bonds is 6. The number of nitrogens with one attached hydrogen (secondary N) is 2. The lowest BCUT2D eigenvalue weighted by Gasteiger charge is -2.22. The number of carbonyl (C=O) groups excluding carboxylic acids is 1. The topological polar surface area (TPSA) is 108 Å². The van der Waals surface area contributed by atoms with Crippen LogP contribution in [0.3, 0.4) is 0 Å². The molecule has 7 nitrogen and oxygen atoms in total. The summed E-state index contributed by atoms with van der Waals surface area (Å²) in [5.74, 6) is -0.742. The molecule has 0 radical (unpaired) electrons. The third-order valence-electron chi connectivity index (χ3n) is 3.01. The average Bonchev–Trinajstić information content (AvgIpc) is 2.84. The van der Waals surface area contributed by atoms with Crippen LogP contribution in [0.2, 0.25) is 0 Å². The zero-order chi connectivity index (χ0) is 13.8. The van der Waals surface area contributed by atoms with Crippen LogP contribution >= 0.6 is 0 Å². The molecule has 0 aromatic carbocycles. The van der Waals surface area contributed by atoms with E-state index in [-0.39, 0.29) is 12.4 Å². The molecule has 1 aromatic rings. The molecule has 0 saturated heterocycles. The summed E-state index contributed by atoms with van der Waals surface area (Å²) < 4.78 is 0. The Morgan fingerprint density at radius 3 is 2.56 bits per heavy atom. The highest BCUT2D eigenvalue weighted by Crippen LogP contribution is 2.19. The van der Waals surface area contributed by atoms with E-state index in [0.717, 1.165) is 0 Å². The molecule has 1 heterocycles. The predicted molar refractivity (Wildman–Crippen MR) is 64.1 cm³/mol. The molecule has 0 aliphatic carbocycles. The normalized spacial score (nSPS) is 13.9. The number of aromatic amines is 1. The molecule has 0 saturated carbocycles. The molecule has 0 spiro atoms. The van der Waals surface area contributed by atoms with Gasteiger partial charge in [-0.1, -0.05) is 13.8 Å². The van der Waals surface area contributed by atoms with Crippen molar-refractivity contribution < 1.29 is 14.7 Å². The zero-order valence-electron chi connectivity index (χ0n) is 10.8. The number of nitrogens with zero attached hydrogens (tertiary/aromatic N) is 2. The van der Waals surface area contributed by atoms with E-state index in [1.54, 1.807) is 13.8 Å². The van der Waals surface area contributed by atoms with E-state index < -0.39 is 17.3 Å².